The molecule has 2 aliphatic rings. The molecule has 0 radical (unpaired) electrons. The van der Waals surface area contributed by atoms with Crippen molar-refractivity contribution in [1.82, 2.24) is 4.98 Å². The monoisotopic (exact) mass is 287 g/mol. The van der Waals surface area contributed by atoms with Gasteiger partial charge in [0.2, 0.25) is 0 Å². The zero-order valence-electron chi connectivity index (χ0n) is 10.4. The number of ether oxygens (including phenoxy) is 1. The molecule has 0 saturated heterocycles. The normalized spacial score (nSPS) is 17.6. The molecule has 7 heteroatoms. The van der Waals surface area contributed by atoms with Gasteiger partial charge in [-0.2, -0.15) is 8.42 Å². The van der Waals surface area contributed by atoms with Crippen LogP contribution in [-0.2, 0) is 10.0 Å². The number of hydrogen-bond donors (Lipinski definition) is 0. The van der Waals surface area contributed by atoms with Crippen molar-refractivity contribution in [2.24, 2.45) is 4.40 Å². The van der Waals surface area contributed by atoms with E-state index in [1.165, 1.54) is 6.20 Å². The van der Waals surface area contributed by atoms with Crippen molar-refractivity contribution < 1.29 is 13.2 Å². The molecule has 2 aliphatic heterocycles. The number of amidine groups is 1. The minimum atomic E-state index is -3.77. The molecular weight excluding hydrogens is 278 g/mol. The first-order valence-corrected chi connectivity index (χ1v) is 7.38. The third-order valence-electron chi connectivity index (χ3n) is 3.23. The van der Waals surface area contributed by atoms with Gasteiger partial charge in [-0.1, -0.05) is 6.07 Å². The zero-order chi connectivity index (χ0) is 13.9. The van der Waals surface area contributed by atoms with Gasteiger partial charge in [0.15, 0.2) is 5.75 Å². The SMILES string of the molecule is Cc1ccc2c(c1)N1C(=NS(=O)(=O)c3cnccc31)O2. The van der Waals surface area contributed by atoms with Crippen molar-refractivity contribution in [1.29, 1.82) is 0 Å². The van der Waals surface area contributed by atoms with Gasteiger partial charge in [-0.15, -0.1) is 4.40 Å². The molecule has 0 atom stereocenters. The third-order valence-corrected chi connectivity index (χ3v) is 4.49. The average Bonchev–Trinajstić information content (AvgIpc) is 2.75. The molecule has 0 aliphatic carbocycles. The summed E-state index contributed by atoms with van der Waals surface area (Å²) in [5.74, 6) is 0.592. The largest absolute Gasteiger partial charge is 0.422 e. The number of aryl methyl sites for hydroxylation is 1. The lowest BCUT2D eigenvalue weighted by Crippen LogP contribution is -2.30. The lowest BCUT2D eigenvalue weighted by atomic mass is 10.2. The summed E-state index contributed by atoms with van der Waals surface area (Å²) in [6.45, 7) is 1.96. The van der Waals surface area contributed by atoms with E-state index in [4.69, 9.17) is 4.74 Å². The molecule has 0 spiro atoms. The third kappa shape index (κ3) is 1.41. The predicted molar refractivity (Wildman–Crippen MR) is 72.8 cm³/mol. The van der Waals surface area contributed by atoms with Crippen LogP contribution in [-0.4, -0.2) is 19.4 Å². The Balaban J connectivity index is 2.05. The molecule has 20 heavy (non-hydrogen) atoms. The lowest BCUT2D eigenvalue weighted by Gasteiger charge is -2.22. The minimum Gasteiger partial charge on any atom is -0.422 e. The summed E-state index contributed by atoms with van der Waals surface area (Å²) >= 11 is 0. The Bertz CT molecular complexity index is 874. The molecule has 0 amide bonds. The van der Waals surface area contributed by atoms with Crippen molar-refractivity contribution in [3.63, 3.8) is 0 Å². The molecule has 6 nitrogen and oxygen atoms in total. The van der Waals surface area contributed by atoms with E-state index in [0.29, 0.717) is 11.4 Å². The second-order valence-corrected chi connectivity index (χ2v) is 6.17. The fourth-order valence-electron chi connectivity index (χ4n) is 2.34. The van der Waals surface area contributed by atoms with E-state index in [1.54, 1.807) is 23.2 Å². The van der Waals surface area contributed by atoms with Crippen molar-refractivity contribution in [2.75, 3.05) is 4.90 Å². The molecule has 0 saturated carbocycles. The quantitative estimate of drug-likeness (QED) is 0.741. The number of anilines is 2. The summed E-state index contributed by atoms with van der Waals surface area (Å²) in [6, 6.07) is 7.34. The van der Waals surface area contributed by atoms with E-state index >= 15 is 0 Å². The molecule has 1 aromatic carbocycles. The Morgan fingerprint density at radius 3 is 2.90 bits per heavy atom. The van der Waals surface area contributed by atoms with E-state index in [9.17, 15) is 8.42 Å². The van der Waals surface area contributed by atoms with E-state index < -0.39 is 10.0 Å². The Labute approximate surface area is 115 Å². The van der Waals surface area contributed by atoms with Gasteiger partial charge >= 0.3 is 6.02 Å². The molecule has 3 heterocycles. The average molecular weight is 287 g/mol. The molecule has 0 bridgehead atoms. The number of pyridine rings is 1. The molecule has 4 rings (SSSR count). The summed E-state index contributed by atoms with van der Waals surface area (Å²) in [5, 5.41) is 0. The molecule has 0 N–H and O–H groups in total. The number of fused-ring (bicyclic) bond motifs is 5. The van der Waals surface area contributed by atoms with Crippen LogP contribution in [0.5, 0.6) is 5.75 Å². The number of sulfonamides is 1. The van der Waals surface area contributed by atoms with Crippen molar-refractivity contribution in [2.45, 2.75) is 11.8 Å². The summed E-state index contributed by atoms with van der Waals surface area (Å²) in [7, 11) is -3.77. The predicted octanol–water partition coefficient (Wildman–Crippen LogP) is 1.98. The summed E-state index contributed by atoms with van der Waals surface area (Å²) in [6.07, 6.45) is 2.85. The molecular formula is C13H9N3O3S. The molecule has 100 valence electrons. The van der Waals surface area contributed by atoms with Crippen LogP contribution in [0.3, 0.4) is 0 Å². The summed E-state index contributed by atoms with van der Waals surface area (Å²) in [4.78, 5) is 5.65. The van der Waals surface area contributed by atoms with Crippen LogP contribution in [0.1, 0.15) is 5.56 Å². The smallest absolute Gasteiger partial charge is 0.318 e. The van der Waals surface area contributed by atoms with Crippen LogP contribution in [0, 0.1) is 6.92 Å². The van der Waals surface area contributed by atoms with Gasteiger partial charge in [0.1, 0.15) is 4.90 Å². The number of benzene rings is 1. The van der Waals surface area contributed by atoms with E-state index in [1.807, 2.05) is 19.1 Å². The Hall–Kier alpha value is -2.41. The second kappa shape index (κ2) is 3.57. The lowest BCUT2D eigenvalue weighted by molar-refractivity contribution is 0.559. The van der Waals surface area contributed by atoms with Crippen LogP contribution in [0.2, 0.25) is 0 Å². The first-order chi connectivity index (χ1) is 9.56. The van der Waals surface area contributed by atoms with Crippen LogP contribution in [0.25, 0.3) is 0 Å². The molecule has 1 aromatic heterocycles. The van der Waals surface area contributed by atoms with Gasteiger partial charge in [-0.3, -0.25) is 9.88 Å². The highest BCUT2D eigenvalue weighted by Crippen LogP contribution is 2.45. The van der Waals surface area contributed by atoms with E-state index in [-0.39, 0.29) is 10.9 Å². The fourth-order valence-corrected chi connectivity index (χ4v) is 3.38. The Kier molecular flexibility index (Phi) is 2.04. The van der Waals surface area contributed by atoms with Crippen LogP contribution < -0.4 is 9.64 Å². The molecule has 0 unspecified atom stereocenters. The fraction of sp³-hybridized carbons (Fsp3) is 0.0769. The Morgan fingerprint density at radius 1 is 1.20 bits per heavy atom. The molecule has 0 fully saturated rings. The highest BCUT2D eigenvalue weighted by atomic mass is 32.2. The van der Waals surface area contributed by atoms with E-state index in [2.05, 4.69) is 9.38 Å². The number of hydrogen-bond acceptors (Lipinski definition) is 5. The summed E-state index contributed by atoms with van der Waals surface area (Å²) < 4.78 is 33.4. The highest BCUT2D eigenvalue weighted by molar-refractivity contribution is 7.90. The van der Waals surface area contributed by atoms with Crippen LogP contribution in [0.4, 0.5) is 11.4 Å². The van der Waals surface area contributed by atoms with Gasteiger partial charge < -0.3 is 4.74 Å². The van der Waals surface area contributed by atoms with Crippen LogP contribution >= 0.6 is 0 Å². The maximum atomic E-state index is 12.1. The van der Waals surface area contributed by atoms with Gasteiger partial charge in [-0.25, -0.2) is 0 Å². The van der Waals surface area contributed by atoms with Crippen molar-refractivity contribution in [3.05, 3.63) is 42.2 Å². The van der Waals surface area contributed by atoms with Gasteiger partial charge in [0, 0.05) is 12.4 Å². The van der Waals surface area contributed by atoms with Crippen molar-refractivity contribution >= 4 is 27.4 Å². The number of nitrogens with zero attached hydrogens (tertiary/aromatic N) is 3. The highest BCUT2D eigenvalue weighted by Gasteiger charge is 2.38. The second-order valence-electron chi connectivity index (χ2n) is 4.60. The van der Waals surface area contributed by atoms with Gasteiger partial charge in [0.05, 0.1) is 11.4 Å². The van der Waals surface area contributed by atoms with Crippen molar-refractivity contribution in [3.8, 4) is 5.75 Å². The Morgan fingerprint density at radius 2 is 2.05 bits per heavy atom. The topological polar surface area (TPSA) is 71.9 Å². The standard InChI is InChI=1S/C13H9N3O3S/c1-8-2-3-11-10(6-8)16-9-4-5-14-7-12(9)20(17,18)15-13(16)19-11/h2-7H,1H3. The maximum Gasteiger partial charge on any atom is 0.318 e. The molecule has 2 aromatic rings. The first-order valence-electron chi connectivity index (χ1n) is 5.94. The minimum absolute atomic E-state index is 0.0595. The first kappa shape index (κ1) is 11.4. The summed E-state index contributed by atoms with van der Waals surface area (Å²) in [5.41, 5.74) is 2.35. The van der Waals surface area contributed by atoms with Crippen LogP contribution in [0.15, 0.2) is 46.0 Å². The number of rotatable bonds is 0. The zero-order valence-corrected chi connectivity index (χ0v) is 11.3. The maximum absolute atomic E-state index is 12.1. The van der Waals surface area contributed by atoms with Gasteiger partial charge in [-0.05, 0) is 30.7 Å². The van der Waals surface area contributed by atoms with E-state index in [0.717, 1.165) is 11.3 Å². The number of aromatic nitrogens is 1. The van der Waals surface area contributed by atoms with Gasteiger partial charge in [0.25, 0.3) is 10.0 Å².